The number of hydrogen-bond acceptors (Lipinski definition) is 3. The highest BCUT2D eigenvalue weighted by Gasteiger charge is 2.18. The predicted molar refractivity (Wildman–Crippen MR) is 56.2 cm³/mol. The Morgan fingerprint density at radius 3 is 2.85 bits per heavy atom. The first-order valence-electron chi connectivity index (χ1n) is 4.26. The van der Waals surface area contributed by atoms with Crippen LogP contribution in [0, 0.1) is 0 Å². The van der Waals surface area contributed by atoms with E-state index in [4.69, 9.17) is 0 Å². The molecule has 1 fully saturated rings. The Morgan fingerprint density at radius 1 is 1.69 bits per heavy atom. The van der Waals surface area contributed by atoms with E-state index in [2.05, 4.69) is 17.5 Å². The Balaban J connectivity index is 2.43. The van der Waals surface area contributed by atoms with Gasteiger partial charge in [-0.2, -0.15) is 16.9 Å². The van der Waals surface area contributed by atoms with Gasteiger partial charge >= 0.3 is 6.03 Å². The summed E-state index contributed by atoms with van der Waals surface area (Å²) in [5, 5.41) is 4.53. The van der Waals surface area contributed by atoms with Crippen molar-refractivity contribution < 1.29 is 4.79 Å². The first-order chi connectivity index (χ1) is 6.11. The SMILES string of the molecule is CC1SCC/C1=N\NC(=O)N(C)C. The molecule has 0 aromatic rings. The van der Waals surface area contributed by atoms with Crippen molar-refractivity contribution in [2.24, 2.45) is 5.10 Å². The molecule has 0 spiro atoms. The summed E-state index contributed by atoms with van der Waals surface area (Å²) in [4.78, 5) is 12.6. The summed E-state index contributed by atoms with van der Waals surface area (Å²) in [6, 6.07) is -0.170. The Bertz CT molecular complexity index is 227. The van der Waals surface area contributed by atoms with Crippen molar-refractivity contribution in [2.75, 3.05) is 19.8 Å². The van der Waals surface area contributed by atoms with Gasteiger partial charge < -0.3 is 4.90 Å². The van der Waals surface area contributed by atoms with Crippen LogP contribution in [0.4, 0.5) is 4.79 Å². The maximum atomic E-state index is 11.1. The number of thioether (sulfide) groups is 1. The Kier molecular flexibility index (Phi) is 3.59. The molecule has 1 aliphatic heterocycles. The van der Waals surface area contributed by atoms with Crippen LogP contribution in [0.5, 0.6) is 0 Å². The molecule has 1 saturated heterocycles. The second-order valence-corrected chi connectivity index (χ2v) is 4.63. The Morgan fingerprint density at radius 2 is 2.38 bits per heavy atom. The zero-order valence-corrected chi connectivity index (χ0v) is 9.02. The lowest BCUT2D eigenvalue weighted by Gasteiger charge is -2.09. The second kappa shape index (κ2) is 4.50. The fraction of sp³-hybridized carbons (Fsp3) is 0.750. The van der Waals surface area contributed by atoms with E-state index in [1.807, 2.05) is 11.8 Å². The van der Waals surface area contributed by atoms with E-state index in [1.165, 1.54) is 4.90 Å². The number of nitrogens with one attached hydrogen (secondary N) is 1. The number of carbonyl (C=O) groups excluding carboxylic acids is 1. The monoisotopic (exact) mass is 201 g/mol. The maximum Gasteiger partial charge on any atom is 0.337 e. The molecule has 4 nitrogen and oxygen atoms in total. The van der Waals surface area contributed by atoms with Crippen LogP contribution in [-0.4, -0.2) is 41.7 Å². The van der Waals surface area contributed by atoms with E-state index < -0.39 is 0 Å². The normalized spacial score (nSPS) is 24.8. The van der Waals surface area contributed by atoms with Gasteiger partial charge in [-0.15, -0.1) is 0 Å². The molecule has 1 aliphatic rings. The van der Waals surface area contributed by atoms with Crippen LogP contribution < -0.4 is 5.43 Å². The van der Waals surface area contributed by atoms with Gasteiger partial charge in [0.15, 0.2) is 0 Å². The van der Waals surface area contributed by atoms with Crippen LogP contribution >= 0.6 is 11.8 Å². The van der Waals surface area contributed by atoms with Crippen molar-refractivity contribution in [3.63, 3.8) is 0 Å². The minimum atomic E-state index is -0.170. The number of nitrogens with zero attached hydrogens (tertiary/aromatic N) is 2. The number of hydrazone groups is 1. The van der Waals surface area contributed by atoms with Crippen molar-refractivity contribution in [1.82, 2.24) is 10.3 Å². The molecule has 1 rings (SSSR count). The van der Waals surface area contributed by atoms with Gasteiger partial charge in [0.25, 0.3) is 0 Å². The van der Waals surface area contributed by atoms with E-state index in [-0.39, 0.29) is 6.03 Å². The zero-order chi connectivity index (χ0) is 9.84. The lowest BCUT2D eigenvalue weighted by molar-refractivity contribution is 0.218. The molecule has 74 valence electrons. The highest BCUT2D eigenvalue weighted by molar-refractivity contribution is 8.01. The van der Waals surface area contributed by atoms with Crippen LogP contribution in [0.25, 0.3) is 0 Å². The molecule has 5 heteroatoms. The molecule has 0 bridgehead atoms. The third-order valence-electron chi connectivity index (χ3n) is 1.90. The van der Waals surface area contributed by atoms with Crippen LogP contribution in [0.15, 0.2) is 5.10 Å². The average Bonchev–Trinajstić information content (AvgIpc) is 2.47. The molecule has 2 amide bonds. The van der Waals surface area contributed by atoms with Crippen LogP contribution in [0.1, 0.15) is 13.3 Å². The molecular formula is C8H15N3OS. The van der Waals surface area contributed by atoms with Gasteiger partial charge in [-0.25, -0.2) is 10.2 Å². The molecule has 1 unspecified atom stereocenters. The largest absolute Gasteiger partial charge is 0.337 e. The minimum Gasteiger partial charge on any atom is -0.329 e. The van der Waals surface area contributed by atoms with Gasteiger partial charge in [0.2, 0.25) is 0 Å². The molecule has 0 aromatic carbocycles. The molecular weight excluding hydrogens is 186 g/mol. The summed E-state index contributed by atoms with van der Waals surface area (Å²) in [6.45, 7) is 2.11. The first-order valence-corrected chi connectivity index (χ1v) is 5.31. The van der Waals surface area contributed by atoms with E-state index in [0.29, 0.717) is 5.25 Å². The molecule has 0 aromatic heterocycles. The average molecular weight is 201 g/mol. The minimum absolute atomic E-state index is 0.170. The van der Waals surface area contributed by atoms with E-state index in [1.54, 1.807) is 14.1 Å². The molecule has 1 heterocycles. The fourth-order valence-electron chi connectivity index (χ4n) is 1.01. The summed E-state index contributed by atoms with van der Waals surface area (Å²) in [5.41, 5.74) is 3.60. The first kappa shape index (κ1) is 10.4. The van der Waals surface area contributed by atoms with Gasteiger partial charge in [0, 0.05) is 19.3 Å². The number of hydrogen-bond donors (Lipinski definition) is 1. The van der Waals surface area contributed by atoms with Gasteiger partial charge in [-0.05, 0) is 19.1 Å². The lowest BCUT2D eigenvalue weighted by Crippen LogP contribution is -2.32. The highest BCUT2D eigenvalue weighted by atomic mass is 32.2. The number of urea groups is 1. The van der Waals surface area contributed by atoms with Crippen LogP contribution in [-0.2, 0) is 0 Å². The Labute approximate surface area is 82.7 Å². The molecule has 0 aliphatic carbocycles. The zero-order valence-electron chi connectivity index (χ0n) is 8.20. The van der Waals surface area contributed by atoms with Crippen LogP contribution in [0.3, 0.4) is 0 Å². The van der Waals surface area contributed by atoms with Gasteiger partial charge in [-0.3, -0.25) is 0 Å². The molecule has 1 atom stereocenters. The summed E-state index contributed by atoms with van der Waals surface area (Å²) in [5.74, 6) is 1.11. The summed E-state index contributed by atoms with van der Waals surface area (Å²) < 4.78 is 0. The third kappa shape index (κ3) is 2.91. The van der Waals surface area contributed by atoms with E-state index in [0.717, 1.165) is 17.9 Å². The summed E-state index contributed by atoms with van der Waals surface area (Å²) in [7, 11) is 3.39. The molecule has 1 N–H and O–H groups in total. The quantitative estimate of drug-likeness (QED) is 0.647. The van der Waals surface area contributed by atoms with Crippen molar-refractivity contribution in [1.29, 1.82) is 0 Å². The van der Waals surface area contributed by atoms with E-state index >= 15 is 0 Å². The van der Waals surface area contributed by atoms with Gasteiger partial charge in [0.1, 0.15) is 0 Å². The summed E-state index contributed by atoms with van der Waals surface area (Å²) in [6.07, 6.45) is 0.986. The predicted octanol–water partition coefficient (Wildman–Crippen LogP) is 1.14. The van der Waals surface area contributed by atoms with Gasteiger partial charge in [-0.1, -0.05) is 0 Å². The third-order valence-corrected chi connectivity index (χ3v) is 3.11. The lowest BCUT2D eigenvalue weighted by atomic mass is 10.2. The maximum absolute atomic E-state index is 11.1. The standard InChI is InChI=1S/C8H15N3OS/c1-6-7(4-5-13-6)9-10-8(12)11(2)3/h6H,4-5H2,1-3H3,(H,10,12)/b9-7+. The molecule has 13 heavy (non-hydrogen) atoms. The van der Waals surface area contributed by atoms with Crippen molar-refractivity contribution in [3.8, 4) is 0 Å². The van der Waals surface area contributed by atoms with Crippen molar-refractivity contribution >= 4 is 23.5 Å². The molecule has 0 radical (unpaired) electrons. The Hall–Kier alpha value is -0.710. The number of amides is 2. The fourth-order valence-corrected chi connectivity index (χ4v) is 2.05. The van der Waals surface area contributed by atoms with Crippen LogP contribution in [0.2, 0.25) is 0 Å². The molecule has 0 saturated carbocycles. The van der Waals surface area contributed by atoms with E-state index in [9.17, 15) is 4.79 Å². The van der Waals surface area contributed by atoms with Gasteiger partial charge in [0.05, 0.1) is 5.71 Å². The van der Waals surface area contributed by atoms with Crippen molar-refractivity contribution in [2.45, 2.75) is 18.6 Å². The number of carbonyl (C=O) groups is 1. The second-order valence-electron chi connectivity index (χ2n) is 3.18. The van der Waals surface area contributed by atoms with Crippen molar-refractivity contribution in [3.05, 3.63) is 0 Å². The number of rotatable bonds is 1. The topological polar surface area (TPSA) is 44.7 Å². The summed E-state index contributed by atoms with van der Waals surface area (Å²) >= 11 is 1.87. The highest BCUT2D eigenvalue weighted by Crippen LogP contribution is 2.22. The smallest absolute Gasteiger partial charge is 0.329 e.